The minimum absolute atomic E-state index is 0.0289. The summed E-state index contributed by atoms with van der Waals surface area (Å²) in [6, 6.07) is 7.23. The van der Waals surface area contributed by atoms with Crippen molar-refractivity contribution < 1.29 is 14.5 Å². The molecule has 0 unspecified atom stereocenters. The summed E-state index contributed by atoms with van der Waals surface area (Å²) in [6.07, 6.45) is 3.17. The van der Waals surface area contributed by atoms with E-state index in [1.54, 1.807) is 24.5 Å². The molecular formula is C13H9ClN2O4. The van der Waals surface area contributed by atoms with E-state index in [1.807, 2.05) is 0 Å². The third kappa shape index (κ3) is 3.30. The lowest BCUT2D eigenvalue weighted by atomic mass is 10.2. The second kappa shape index (κ2) is 6.12. The minimum atomic E-state index is -0.659. The van der Waals surface area contributed by atoms with Crippen molar-refractivity contribution in [2.45, 2.75) is 6.61 Å². The lowest BCUT2D eigenvalue weighted by Crippen LogP contribution is -2.06. The molecule has 0 fully saturated rings. The van der Waals surface area contributed by atoms with Gasteiger partial charge in [0, 0.05) is 24.0 Å². The van der Waals surface area contributed by atoms with Gasteiger partial charge in [0.05, 0.1) is 10.5 Å². The molecule has 0 amide bonds. The second-order valence-corrected chi connectivity index (χ2v) is 4.27. The molecule has 0 aliphatic rings. The SMILES string of the molecule is O=C(OCc1cccnc1)c1ccc(Cl)c([N+](=O)[O-])c1. The van der Waals surface area contributed by atoms with Gasteiger partial charge in [0.1, 0.15) is 11.6 Å². The van der Waals surface area contributed by atoms with Crippen LogP contribution in [0.2, 0.25) is 5.02 Å². The van der Waals surface area contributed by atoms with Crippen LogP contribution in [-0.4, -0.2) is 15.9 Å². The van der Waals surface area contributed by atoms with E-state index in [-0.39, 0.29) is 22.9 Å². The van der Waals surface area contributed by atoms with E-state index in [4.69, 9.17) is 16.3 Å². The number of pyridine rings is 1. The molecule has 1 heterocycles. The van der Waals surface area contributed by atoms with Crippen molar-refractivity contribution >= 4 is 23.3 Å². The Balaban J connectivity index is 2.10. The van der Waals surface area contributed by atoms with Crippen LogP contribution in [0.3, 0.4) is 0 Å². The van der Waals surface area contributed by atoms with Crippen LogP contribution in [0.5, 0.6) is 0 Å². The number of nitrogens with zero attached hydrogens (tertiary/aromatic N) is 2. The maximum absolute atomic E-state index is 11.8. The van der Waals surface area contributed by atoms with Gasteiger partial charge in [0.15, 0.2) is 0 Å². The van der Waals surface area contributed by atoms with Crippen LogP contribution in [0, 0.1) is 10.1 Å². The van der Waals surface area contributed by atoms with Crippen molar-refractivity contribution in [3.05, 3.63) is 69.0 Å². The molecule has 0 atom stereocenters. The van der Waals surface area contributed by atoms with E-state index in [1.165, 1.54) is 12.1 Å². The monoisotopic (exact) mass is 292 g/mol. The topological polar surface area (TPSA) is 82.3 Å². The molecular weight excluding hydrogens is 284 g/mol. The van der Waals surface area contributed by atoms with Crippen molar-refractivity contribution in [1.82, 2.24) is 4.98 Å². The molecule has 0 bridgehead atoms. The van der Waals surface area contributed by atoms with Gasteiger partial charge in [-0.15, -0.1) is 0 Å². The number of aromatic nitrogens is 1. The molecule has 0 aliphatic heterocycles. The Hall–Kier alpha value is -2.47. The van der Waals surface area contributed by atoms with E-state index in [2.05, 4.69) is 4.98 Å². The van der Waals surface area contributed by atoms with Gasteiger partial charge in [-0.05, 0) is 18.2 Å². The highest BCUT2D eigenvalue weighted by atomic mass is 35.5. The summed E-state index contributed by atoms with van der Waals surface area (Å²) in [4.78, 5) is 25.8. The number of carbonyl (C=O) groups is 1. The Kier molecular flexibility index (Phi) is 4.27. The number of ether oxygens (including phenoxy) is 1. The highest BCUT2D eigenvalue weighted by Crippen LogP contribution is 2.25. The molecule has 7 heteroatoms. The molecule has 0 saturated carbocycles. The van der Waals surface area contributed by atoms with E-state index >= 15 is 0 Å². The predicted octanol–water partition coefficient (Wildman–Crippen LogP) is 3.00. The van der Waals surface area contributed by atoms with Gasteiger partial charge >= 0.3 is 5.97 Å². The summed E-state index contributed by atoms with van der Waals surface area (Å²) in [5.41, 5.74) is 0.469. The largest absolute Gasteiger partial charge is 0.457 e. The van der Waals surface area contributed by atoms with Crippen molar-refractivity contribution in [3.63, 3.8) is 0 Å². The summed E-state index contributed by atoms with van der Waals surface area (Å²) in [5.74, 6) is -0.659. The van der Waals surface area contributed by atoms with E-state index < -0.39 is 10.9 Å². The number of rotatable bonds is 4. The summed E-state index contributed by atoms with van der Waals surface area (Å²) in [5, 5.41) is 10.7. The molecule has 102 valence electrons. The van der Waals surface area contributed by atoms with Crippen LogP contribution < -0.4 is 0 Å². The fourth-order valence-electron chi connectivity index (χ4n) is 1.50. The molecule has 2 aromatic rings. The molecule has 0 aliphatic carbocycles. The average Bonchev–Trinajstić information content (AvgIpc) is 2.46. The Labute approximate surface area is 119 Å². The van der Waals surface area contributed by atoms with Gasteiger partial charge in [-0.1, -0.05) is 17.7 Å². The second-order valence-electron chi connectivity index (χ2n) is 3.86. The molecule has 6 nitrogen and oxygen atoms in total. The van der Waals surface area contributed by atoms with Crippen LogP contribution in [0.25, 0.3) is 0 Å². The summed E-state index contributed by atoms with van der Waals surface area (Å²) >= 11 is 5.67. The molecule has 0 N–H and O–H groups in total. The maximum atomic E-state index is 11.8. The molecule has 1 aromatic heterocycles. The third-order valence-corrected chi connectivity index (χ3v) is 2.79. The van der Waals surface area contributed by atoms with Gasteiger partial charge in [-0.3, -0.25) is 15.1 Å². The van der Waals surface area contributed by atoms with E-state index in [0.717, 1.165) is 11.6 Å². The standard InChI is InChI=1S/C13H9ClN2O4/c14-11-4-3-10(6-12(11)16(18)19)13(17)20-8-9-2-1-5-15-7-9/h1-7H,8H2. The van der Waals surface area contributed by atoms with Gasteiger partial charge < -0.3 is 4.74 Å². The molecule has 0 saturated heterocycles. The first-order valence-electron chi connectivity index (χ1n) is 5.58. The number of hydrogen-bond donors (Lipinski definition) is 0. The van der Waals surface area contributed by atoms with Gasteiger partial charge in [-0.2, -0.15) is 0 Å². The Morgan fingerprint density at radius 2 is 2.20 bits per heavy atom. The number of esters is 1. The van der Waals surface area contributed by atoms with Crippen LogP contribution in [0.15, 0.2) is 42.7 Å². The Morgan fingerprint density at radius 3 is 2.85 bits per heavy atom. The number of hydrogen-bond acceptors (Lipinski definition) is 5. The third-order valence-electron chi connectivity index (χ3n) is 2.47. The van der Waals surface area contributed by atoms with Crippen LogP contribution in [-0.2, 0) is 11.3 Å². The first kappa shape index (κ1) is 14.0. The first-order chi connectivity index (χ1) is 9.58. The smallest absolute Gasteiger partial charge is 0.338 e. The number of benzene rings is 1. The van der Waals surface area contributed by atoms with E-state index in [0.29, 0.717) is 0 Å². The molecule has 0 radical (unpaired) electrons. The van der Waals surface area contributed by atoms with E-state index in [9.17, 15) is 14.9 Å². The number of carbonyl (C=O) groups excluding carboxylic acids is 1. The lowest BCUT2D eigenvalue weighted by molar-refractivity contribution is -0.384. The van der Waals surface area contributed by atoms with Gasteiger partial charge in [-0.25, -0.2) is 4.79 Å². The zero-order valence-electron chi connectivity index (χ0n) is 10.2. The number of nitro benzene ring substituents is 1. The van der Waals surface area contributed by atoms with Crippen molar-refractivity contribution in [1.29, 1.82) is 0 Å². The predicted molar refractivity (Wildman–Crippen MR) is 71.5 cm³/mol. The highest BCUT2D eigenvalue weighted by molar-refractivity contribution is 6.32. The molecule has 1 aromatic carbocycles. The number of halogens is 1. The summed E-state index contributed by atoms with van der Waals surface area (Å²) < 4.78 is 5.04. The molecule has 0 spiro atoms. The lowest BCUT2D eigenvalue weighted by Gasteiger charge is -2.05. The quantitative estimate of drug-likeness (QED) is 0.491. The van der Waals surface area contributed by atoms with Crippen LogP contribution >= 0.6 is 11.6 Å². The summed E-state index contributed by atoms with van der Waals surface area (Å²) in [7, 11) is 0. The molecule has 20 heavy (non-hydrogen) atoms. The fraction of sp³-hybridized carbons (Fsp3) is 0.0769. The highest BCUT2D eigenvalue weighted by Gasteiger charge is 2.17. The van der Waals surface area contributed by atoms with Crippen molar-refractivity contribution in [2.75, 3.05) is 0 Å². The van der Waals surface area contributed by atoms with Crippen molar-refractivity contribution in [2.24, 2.45) is 0 Å². The zero-order chi connectivity index (χ0) is 14.5. The maximum Gasteiger partial charge on any atom is 0.338 e. The average molecular weight is 293 g/mol. The summed E-state index contributed by atoms with van der Waals surface area (Å²) in [6.45, 7) is 0.0447. The van der Waals surface area contributed by atoms with Gasteiger partial charge in [0.25, 0.3) is 5.69 Å². The van der Waals surface area contributed by atoms with Crippen LogP contribution in [0.1, 0.15) is 15.9 Å². The first-order valence-corrected chi connectivity index (χ1v) is 5.95. The Morgan fingerprint density at radius 1 is 1.40 bits per heavy atom. The Bertz CT molecular complexity index is 646. The zero-order valence-corrected chi connectivity index (χ0v) is 10.9. The normalized spacial score (nSPS) is 10.1. The van der Waals surface area contributed by atoms with Crippen molar-refractivity contribution in [3.8, 4) is 0 Å². The fourth-order valence-corrected chi connectivity index (χ4v) is 1.68. The van der Waals surface area contributed by atoms with Crippen LogP contribution in [0.4, 0.5) is 5.69 Å². The van der Waals surface area contributed by atoms with Gasteiger partial charge in [0.2, 0.25) is 0 Å². The minimum Gasteiger partial charge on any atom is -0.457 e. The molecule has 2 rings (SSSR count). The number of nitro groups is 1.